The van der Waals surface area contributed by atoms with Crippen molar-refractivity contribution in [3.8, 4) is 0 Å². The summed E-state index contributed by atoms with van der Waals surface area (Å²) in [6.07, 6.45) is 1.53. The first kappa shape index (κ1) is 15.7. The molecule has 1 aromatic carbocycles. The lowest BCUT2D eigenvalue weighted by atomic mass is 9.94. The quantitative estimate of drug-likeness (QED) is 0.944. The highest BCUT2D eigenvalue weighted by Crippen LogP contribution is 2.28. The number of benzene rings is 1. The van der Waals surface area contributed by atoms with Gasteiger partial charge in [0.05, 0.1) is 5.69 Å². The van der Waals surface area contributed by atoms with Crippen molar-refractivity contribution in [3.05, 3.63) is 53.3 Å². The predicted octanol–water partition coefficient (Wildman–Crippen LogP) is 2.81. The van der Waals surface area contributed by atoms with E-state index in [1.54, 1.807) is 7.11 Å². The Labute approximate surface area is 136 Å². The maximum absolute atomic E-state index is 12.9. The molecule has 2 aromatic rings. The van der Waals surface area contributed by atoms with Gasteiger partial charge in [0, 0.05) is 31.8 Å². The second kappa shape index (κ2) is 6.96. The third-order valence-corrected chi connectivity index (χ3v) is 4.44. The van der Waals surface area contributed by atoms with Crippen molar-refractivity contribution in [1.82, 2.24) is 15.1 Å². The number of nitrogens with one attached hydrogen (secondary N) is 1. The number of rotatable bonds is 4. The lowest BCUT2D eigenvalue weighted by Gasteiger charge is -2.34. The summed E-state index contributed by atoms with van der Waals surface area (Å²) in [5.74, 6) is 0.335. The molecule has 1 fully saturated rings. The number of methoxy groups -OCH3 is 1. The number of carbonyl (C=O) groups excluding carboxylic acids is 1. The molecule has 1 N–H and O–H groups in total. The van der Waals surface area contributed by atoms with Crippen LogP contribution in [0.3, 0.4) is 0 Å². The Kier molecular flexibility index (Phi) is 4.76. The Balaban J connectivity index is 1.73. The maximum Gasteiger partial charge on any atom is 0.256 e. The summed E-state index contributed by atoms with van der Waals surface area (Å²) in [5, 5.41) is 7.35. The van der Waals surface area contributed by atoms with Crippen LogP contribution in [0.2, 0.25) is 0 Å². The number of carbonyl (C=O) groups is 1. The van der Waals surface area contributed by atoms with Crippen LogP contribution in [0.15, 0.2) is 36.4 Å². The summed E-state index contributed by atoms with van der Waals surface area (Å²) in [5.41, 5.74) is 3.01. The van der Waals surface area contributed by atoms with Crippen molar-refractivity contribution in [1.29, 1.82) is 0 Å². The van der Waals surface area contributed by atoms with Gasteiger partial charge in [0.15, 0.2) is 6.10 Å². The number of aromatic nitrogens is 2. The van der Waals surface area contributed by atoms with E-state index in [1.165, 1.54) is 0 Å². The number of aryl methyl sites for hydroxylation is 1. The van der Waals surface area contributed by atoms with Crippen LogP contribution in [0.1, 0.15) is 41.8 Å². The lowest BCUT2D eigenvalue weighted by molar-refractivity contribution is -0.143. The smallest absolute Gasteiger partial charge is 0.256 e. The van der Waals surface area contributed by atoms with Gasteiger partial charge < -0.3 is 9.64 Å². The largest absolute Gasteiger partial charge is 0.367 e. The summed E-state index contributed by atoms with van der Waals surface area (Å²) in [7, 11) is 1.59. The summed E-state index contributed by atoms with van der Waals surface area (Å²) in [6, 6.07) is 11.7. The Morgan fingerprint density at radius 2 is 2.17 bits per heavy atom. The van der Waals surface area contributed by atoms with Gasteiger partial charge in [-0.3, -0.25) is 9.89 Å². The fourth-order valence-corrected chi connectivity index (χ4v) is 3.24. The van der Waals surface area contributed by atoms with Gasteiger partial charge in [-0.1, -0.05) is 30.3 Å². The first-order chi connectivity index (χ1) is 11.2. The fraction of sp³-hybridized carbons (Fsp3) is 0.444. The molecule has 1 saturated heterocycles. The number of hydrogen-bond acceptors (Lipinski definition) is 3. The zero-order valence-electron chi connectivity index (χ0n) is 13.7. The molecule has 1 aliphatic rings. The molecular formula is C18H23N3O2. The molecular weight excluding hydrogens is 290 g/mol. The zero-order chi connectivity index (χ0) is 16.2. The number of aromatic amines is 1. The molecule has 5 nitrogen and oxygen atoms in total. The Morgan fingerprint density at radius 3 is 2.83 bits per heavy atom. The van der Waals surface area contributed by atoms with Crippen molar-refractivity contribution < 1.29 is 9.53 Å². The monoisotopic (exact) mass is 313 g/mol. The topological polar surface area (TPSA) is 58.2 Å². The molecule has 0 radical (unpaired) electrons. The summed E-state index contributed by atoms with van der Waals surface area (Å²) < 4.78 is 5.48. The average Bonchev–Trinajstić information content (AvgIpc) is 3.03. The lowest BCUT2D eigenvalue weighted by Crippen LogP contribution is -2.42. The minimum Gasteiger partial charge on any atom is -0.367 e. The van der Waals surface area contributed by atoms with E-state index in [0.29, 0.717) is 12.5 Å². The van der Waals surface area contributed by atoms with Crippen molar-refractivity contribution in [2.75, 3.05) is 20.2 Å². The number of nitrogens with zero attached hydrogens (tertiary/aromatic N) is 2. The van der Waals surface area contributed by atoms with Crippen LogP contribution in [-0.4, -0.2) is 41.2 Å². The van der Waals surface area contributed by atoms with E-state index in [-0.39, 0.29) is 5.91 Å². The van der Waals surface area contributed by atoms with Crippen LogP contribution in [0.4, 0.5) is 0 Å². The highest BCUT2D eigenvalue weighted by atomic mass is 16.5. The van der Waals surface area contributed by atoms with Crippen LogP contribution in [-0.2, 0) is 9.53 Å². The van der Waals surface area contributed by atoms with Gasteiger partial charge in [-0.2, -0.15) is 5.10 Å². The van der Waals surface area contributed by atoms with Gasteiger partial charge in [0.25, 0.3) is 5.91 Å². The van der Waals surface area contributed by atoms with Crippen LogP contribution in [0, 0.1) is 6.92 Å². The number of likely N-dealkylation sites (tertiary alicyclic amines) is 1. The summed E-state index contributed by atoms with van der Waals surface area (Å²) in [6.45, 7) is 3.49. The standard InChI is InChI=1S/C18H23N3O2/c1-13-11-16(20-19-13)15-9-6-10-21(12-15)18(22)17(23-2)14-7-4-3-5-8-14/h3-5,7-8,11,15,17H,6,9-10,12H2,1-2H3,(H,19,20)/t15-,17-/m0/s1. The van der Waals surface area contributed by atoms with Crippen LogP contribution < -0.4 is 0 Å². The molecule has 0 spiro atoms. The number of ether oxygens (including phenoxy) is 1. The van der Waals surface area contributed by atoms with E-state index >= 15 is 0 Å². The van der Waals surface area contributed by atoms with Gasteiger partial charge in [-0.25, -0.2) is 0 Å². The molecule has 5 heteroatoms. The predicted molar refractivity (Wildman–Crippen MR) is 88.1 cm³/mol. The Morgan fingerprint density at radius 1 is 1.39 bits per heavy atom. The van der Waals surface area contributed by atoms with E-state index < -0.39 is 6.10 Å². The Bertz CT molecular complexity index is 653. The first-order valence-electron chi connectivity index (χ1n) is 8.07. The molecule has 122 valence electrons. The van der Waals surface area contributed by atoms with Crippen molar-refractivity contribution >= 4 is 5.91 Å². The minimum absolute atomic E-state index is 0.0376. The van der Waals surface area contributed by atoms with E-state index in [0.717, 1.165) is 36.3 Å². The van der Waals surface area contributed by atoms with Crippen molar-refractivity contribution in [3.63, 3.8) is 0 Å². The third kappa shape index (κ3) is 3.45. The summed E-state index contributed by atoms with van der Waals surface area (Å²) >= 11 is 0. The van der Waals surface area contributed by atoms with Gasteiger partial charge in [-0.15, -0.1) is 0 Å². The van der Waals surface area contributed by atoms with E-state index in [4.69, 9.17) is 4.74 Å². The van der Waals surface area contributed by atoms with E-state index in [9.17, 15) is 4.79 Å². The van der Waals surface area contributed by atoms with E-state index in [1.807, 2.05) is 42.2 Å². The third-order valence-electron chi connectivity index (χ3n) is 4.44. The highest BCUT2D eigenvalue weighted by Gasteiger charge is 2.31. The summed E-state index contributed by atoms with van der Waals surface area (Å²) in [4.78, 5) is 14.8. The van der Waals surface area contributed by atoms with Gasteiger partial charge in [0.1, 0.15) is 0 Å². The normalized spacial score (nSPS) is 19.6. The molecule has 0 aliphatic carbocycles. The SMILES string of the molecule is CO[C@H](C(=O)N1CCC[C@H](c2cc(C)[nH]n2)C1)c1ccccc1. The molecule has 0 saturated carbocycles. The fourth-order valence-electron chi connectivity index (χ4n) is 3.24. The van der Waals surface area contributed by atoms with Gasteiger partial charge in [0.2, 0.25) is 0 Å². The second-order valence-corrected chi connectivity index (χ2v) is 6.13. The molecule has 0 bridgehead atoms. The number of amides is 1. The van der Waals surface area contributed by atoms with Crippen LogP contribution in [0.25, 0.3) is 0 Å². The van der Waals surface area contributed by atoms with Gasteiger partial charge in [-0.05, 0) is 31.4 Å². The van der Waals surface area contributed by atoms with Crippen molar-refractivity contribution in [2.24, 2.45) is 0 Å². The molecule has 2 heterocycles. The zero-order valence-corrected chi connectivity index (χ0v) is 13.7. The number of piperidine rings is 1. The first-order valence-corrected chi connectivity index (χ1v) is 8.07. The molecule has 1 aromatic heterocycles. The maximum atomic E-state index is 12.9. The second-order valence-electron chi connectivity index (χ2n) is 6.13. The molecule has 0 unspecified atom stereocenters. The van der Waals surface area contributed by atoms with Gasteiger partial charge >= 0.3 is 0 Å². The van der Waals surface area contributed by atoms with Crippen LogP contribution >= 0.6 is 0 Å². The molecule has 23 heavy (non-hydrogen) atoms. The Hall–Kier alpha value is -2.14. The van der Waals surface area contributed by atoms with E-state index in [2.05, 4.69) is 16.3 Å². The molecule has 3 rings (SSSR count). The number of hydrogen-bond donors (Lipinski definition) is 1. The number of H-pyrrole nitrogens is 1. The van der Waals surface area contributed by atoms with Crippen molar-refractivity contribution in [2.45, 2.75) is 31.8 Å². The molecule has 2 atom stereocenters. The average molecular weight is 313 g/mol. The molecule has 1 aliphatic heterocycles. The van der Waals surface area contributed by atoms with Crippen LogP contribution in [0.5, 0.6) is 0 Å². The minimum atomic E-state index is -0.532. The highest BCUT2D eigenvalue weighted by molar-refractivity contribution is 5.82. The molecule has 1 amide bonds.